The smallest absolute Gasteiger partial charge is 0.199 e. The first-order valence-corrected chi connectivity index (χ1v) is 10.3. The molecular formula is C24H18F8N2O. The number of Topliss-reactive ketones (excluding diaryl/α,β-unsaturated/α-hetero) is 1. The Bertz CT molecular complexity index is 1460. The van der Waals surface area contributed by atoms with Crippen molar-refractivity contribution in [1.82, 2.24) is 9.97 Å². The third-order valence-electron chi connectivity index (χ3n) is 7.23. The Morgan fingerprint density at radius 3 is 1.71 bits per heavy atom. The van der Waals surface area contributed by atoms with Crippen molar-refractivity contribution in [3.63, 3.8) is 0 Å². The highest BCUT2D eigenvalue weighted by atomic mass is 19.2. The minimum Gasteiger partial charge on any atom is -0.359 e. The largest absolute Gasteiger partial charge is 0.359 e. The molecule has 0 aliphatic heterocycles. The van der Waals surface area contributed by atoms with Crippen LogP contribution in [0.2, 0.25) is 0 Å². The van der Waals surface area contributed by atoms with E-state index in [1.165, 1.54) is 6.20 Å². The first-order chi connectivity index (χ1) is 16.2. The van der Waals surface area contributed by atoms with Crippen LogP contribution in [0.15, 0.2) is 18.5 Å². The van der Waals surface area contributed by atoms with Crippen molar-refractivity contribution in [1.29, 1.82) is 0 Å². The Labute approximate surface area is 193 Å². The number of H-pyrrole nitrogens is 2. The van der Waals surface area contributed by atoms with Crippen molar-refractivity contribution in [3.05, 3.63) is 70.6 Å². The van der Waals surface area contributed by atoms with Crippen molar-refractivity contribution in [2.24, 2.45) is 16.7 Å². The van der Waals surface area contributed by atoms with Gasteiger partial charge in [-0.15, -0.1) is 0 Å². The van der Waals surface area contributed by atoms with Crippen molar-refractivity contribution < 1.29 is 39.9 Å². The number of fused-ring (bicyclic) bond motifs is 2. The van der Waals surface area contributed by atoms with Gasteiger partial charge in [-0.25, -0.2) is 35.1 Å². The molecule has 0 spiro atoms. The second-order valence-electron chi connectivity index (χ2n) is 9.47. The summed E-state index contributed by atoms with van der Waals surface area (Å²) < 4.78 is 105. The van der Waals surface area contributed by atoms with Crippen LogP contribution in [0.3, 0.4) is 0 Å². The van der Waals surface area contributed by atoms with E-state index in [4.69, 9.17) is 0 Å². The first kappa shape index (κ1) is 24.7. The molecule has 0 radical (unpaired) electrons. The molecule has 0 amide bonds. The molecule has 0 atom stereocenters. The number of aromatic nitrogens is 2. The van der Waals surface area contributed by atoms with Crippen LogP contribution in [0.25, 0.3) is 21.8 Å². The zero-order valence-electron chi connectivity index (χ0n) is 18.7. The van der Waals surface area contributed by atoms with Gasteiger partial charge in [0.15, 0.2) is 52.3 Å². The van der Waals surface area contributed by atoms with E-state index in [0.29, 0.717) is 0 Å². The highest BCUT2D eigenvalue weighted by Crippen LogP contribution is 2.69. The number of ketones is 1. The molecule has 1 saturated carbocycles. The predicted octanol–water partition coefficient (Wildman–Crippen LogP) is 7.31. The van der Waals surface area contributed by atoms with E-state index in [1.54, 1.807) is 0 Å². The Balaban J connectivity index is 0.000000189. The molecule has 186 valence electrons. The molecule has 11 heteroatoms. The van der Waals surface area contributed by atoms with Crippen LogP contribution in [0.1, 0.15) is 38.1 Å². The third-order valence-corrected chi connectivity index (χ3v) is 7.23. The predicted molar refractivity (Wildman–Crippen MR) is 112 cm³/mol. The second kappa shape index (κ2) is 7.82. The summed E-state index contributed by atoms with van der Waals surface area (Å²) in [5.74, 6) is -14.0. The molecule has 1 fully saturated rings. The van der Waals surface area contributed by atoms with E-state index in [2.05, 4.69) is 9.97 Å². The molecule has 1 aliphatic carbocycles. The van der Waals surface area contributed by atoms with Gasteiger partial charge < -0.3 is 9.97 Å². The number of hydrogen-bond donors (Lipinski definition) is 2. The molecule has 2 aromatic heterocycles. The lowest BCUT2D eigenvalue weighted by Gasteiger charge is -2.04. The summed E-state index contributed by atoms with van der Waals surface area (Å²) in [5, 5.41) is -0.823. The van der Waals surface area contributed by atoms with Gasteiger partial charge in [-0.2, -0.15) is 0 Å². The van der Waals surface area contributed by atoms with E-state index in [9.17, 15) is 39.9 Å². The van der Waals surface area contributed by atoms with Gasteiger partial charge in [0.1, 0.15) is 0 Å². The average molecular weight is 502 g/mol. The molecule has 1 aliphatic rings. The van der Waals surface area contributed by atoms with Gasteiger partial charge >= 0.3 is 0 Å². The van der Waals surface area contributed by atoms with Gasteiger partial charge in [0, 0.05) is 29.3 Å². The lowest BCUT2D eigenvalue weighted by atomic mass is 10.00. The zero-order valence-corrected chi connectivity index (χ0v) is 18.7. The van der Waals surface area contributed by atoms with Crippen molar-refractivity contribution in [3.8, 4) is 0 Å². The van der Waals surface area contributed by atoms with E-state index < -0.39 is 69.1 Å². The Morgan fingerprint density at radius 2 is 1.17 bits per heavy atom. The summed E-state index contributed by atoms with van der Waals surface area (Å²) in [6.45, 7) is 7.62. The fourth-order valence-corrected chi connectivity index (χ4v) is 4.59. The number of rotatable bonds is 2. The van der Waals surface area contributed by atoms with Crippen LogP contribution in [-0.4, -0.2) is 15.8 Å². The number of carbonyl (C=O) groups is 1. The molecule has 35 heavy (non-hydrogen) atoms. The molecule has 4 aromatic rings. The Kier molecular flexibility index (Phi) is 5.53. The summed E-state index contributed by atoms with van der Waals surface area (Å²) in [4.78, 5) is 17.3. The molecule has 2 N–H and O–H groups in total. The topological polar surface area (TPSA) is 48.6 Å². The van der Waals surface area contributed by atoms with E-state index >= 15 is 0 Å². The van der Waals surface area contributed by atoms with E-state index in [1.807, 2.05) is 27.7 Å². The molecule has 3 nitrogen and oxygen atoms in total. The standard InChI is InChI=1S/C16H15F4NO.C8H3F4N/c1-15(2)14(16(15,3)4)13(22)6-5-21-12-7(6)8(17)9(18)10(19)11(12)20;9-4-3-1-2-13-8(3)7(12)6(11)5(4)10/h5,14,21H,1-4H3;1-2,13H. The number of aromatic amines is 2. The first-order valence-electron chi connectivity index (χ1n) is 10.3. The van der Waals surface area contributed by atoms with E-state index in [0.717, 1.165) is 12.3 Å². The van der Waals surface area contributed by atoms with Gasteiger partial charge in [-0.1, -0.05) is 27.7 Å². The average Bonchev–Trinajstić information content (AvgIpc) is 3.29. The van der Waals surface area contributed by atoms with Gasteiger partial charge in [0.2, 0.25) is 0 Å². The quantitative estimate of drug-likeness (QED) is 0.128. The molecular weight excluding hydrogens is 484 g/mol. The van der Waals surface area contributed by atoms with Crippen LogP contribution in [0.5, 0.6) is 0 Å². The van der Waals surface area contributed by atoms with Crippen molar-refractivity contribution in [2.45, 2.75) is 27.7 Å². The number of benzene rings is 2. The number of halogens is 8. The maximum atomic E-state index is 14.0. The lowest BCUT2D eigenvalue weighted by Crippen LogP contribution is -2.08. The highest BCUT2D eigenvalue weighted by molar-refractivity contribution is 6.11. The van der Waals surface area contributed by atoms with Gasteiger partial charge in [-0.3, -0.25) is 4.79 Å². The van der Waals surface area contributed by atoms with Gasteiger partial charge in [-0.05, 0) is 16.9 Å². The van der Waals surface area contributed by atoms with Gasteiger partial charge in [0.25, 0.3) is 0 Å². The summed E-state index contributed by atoms with van der Waals surface area (Å²) in [6.07, 6.45) is 2.32. The molecule has 2 heterocycles. The minimum absolute atomic E-state index is 0.144. The van der Waals surface area contributed by atoms with Crippen LogP contribution >= 0.6 is 0 Å². The monoisotopic (exact) mass is 502 g/mol. The summed E-state index contributed by atoms with van der Waals surface area (Å²) >= 11 is 0. The third kappa shape index (κ3) is 3.35. The van der Waals surface area contributed by atoms with E-state index in [-0.39, 0.29) is 27.3 Å². The SMILES string of the molecule is CC1(C)C(C(=O)c2c[nH]c3c(F)c(F)c(F)c(F)c23)C1(C)C.Fc1c(F)c(F)c2[nH]ccc2c1F. The fourth-order valence-electron chi connectivity index (χ4n) is 4.59. The molecule has 2 aromatic carbocycles. The van der Waals surface area contributed by atoms with Crippen LogP contribution in [0.4, 0.5) is 35.1 Å². The normalized spacial score (nSPS) is 16.5. The Morgan fingerprint density at radius 1 is 0.686 bits per heavy atom. The molecule has 5 rings (SSSR count). The van der Waals surface area contributed by atoms with Crippen LogP contribution in [0, 0.1) is 63.3 Å². The molecule has 0 bridgehead atoms. The van der Waals surface area contributed by atoms with Crippen LogP contribution in [-0.2, 0) is 0 Å². The number of carbonyl (C=O) groups excluding carboxylic acids is 1. The summed E-state index contributed by atoms with van der Waals surface area (Å²) in [5.41, 5.74) is -1.65. The zero-order chi connectivity index (χ0) is 26.2. The lowest BCUT2D eigenvalue weighted by molar-refractivity contribution is 0.0946. The summed E-state index contributed by atoms with van der Waals surface area (Å²) in [7, 11) is 0. The fraction of sp³-hybridized carbons (Fsp3) is 0.292. The van der Waals surface area contributed by atoms with Crippen molar-refractivity contribution in [2.75, 3.05) is 0 Å². The molecule has 0 saturated heterocycles. The number of hydrogen-bond acceptors (Lipinski definition) is 1. The highest BCUT2D eigenvalue weighted by Gasteiger charge is 2.68. The maximum Gasteiger partial charge on any atom is 0.199 e. The summed E-state index contributed by atoms with van der Waals surface area (Å²) in [6, 6.07) is 1.14. The van der Waals surface area contributed by atoms with Crippen molar-refractivity contribution >= 4 is 27.6 Å². The maximum absolute atomic E-state index is 14.0. The second-order valence-corrected chi connectivity index (χ2v) is 9.47. The molecule has 0 unspecified atom stereocenters. The van der Waals surface area contributed by atoms with Crippen LogP contribution < -0.4 is 0 Å². The minimum atomic E-state index is -1.91. The Hall–Kier alpha value is -3.37. The van der Waals surface area contributed by atoms with Gasteiger partial charge in [0.05, 0.1) is 16.4 Å². The number of nitrogens with one attached hydrogen (secondary N) is 2.